The Morgan fingerprint density at radius 1 is 1.23 bits per heavy atom. The Morgan fingerprint density at radius 3 is 2.59 bits per heavy atom. The van der Waals surface area contributed by atoms with Gasteiger partial charge < -0.3 is 15.5 Å². The zero-order valence-corrected chi connectivity index (χ0v) is 12.0. The van der Waals surface area contributed by atoms with Crippen LogP contribution in [0, 0.1) is 6.92 Å². The van der Waals surface area contributed by atoms with E-state index in [4.69, 9.17) is 10.2 Å². The topological polar surface area (TPSA) is 103 Å². The van der Waals surface area contributed by atoms with Gasteiger partial charge in [0, 0.05) is 25.8 Å². The van der Waals surface area contributed by atoms with Gasteiger partial charge in [-0.2, -0.15) is 15.0 Å². The van der Waals surface area contributed by atoms with Gasteiger partial charge in [-0.1, -0.05) is 0 Å². The lowest BCUT2D eigenvalue weighted by atomic mass is 9.92. The number of nitrogens with one attached hydrogen (secondary N) is 1. The average Bonchev–Trinajstić information content (AvgIpc) is 2.87. The first-order chi connectivity index (χ1) is 10.4. The van der Waals surface area contributed by atoms with Crippen LogP contribution >= 0.6 is 0 Å². The molecule has 7 nitrogen and oxygen atoms in total. The van der Waals surface area contributed by atoms with E-state index in [9.17, 15) is 8.78 Å². The lowest BCUT2D eigenvalue weighted by molar-refractivity contribution is -0.0361. The fourth-order valence-electron chi connectivity index (χ4n) is 2.40. The maximum absolute atomic E-state index is 13.2. The van der Waals surface area contributed by atoms with Crippen molar-refractivity contribution in [2.24, 2.45) is 0 Å². The molecule has 0 aromatic carbocycles. The molecule has 0 saturated heterocycles. The Kier molecular flexibility index (Phi) is 3.63. The van der Waals surface area contributed by atoms with Crippen molar-refractivity contribution in [3.63, 3.8) is 0 Å². The van der Waals surface area contributed by atoms with Gasteiger partial charge in [-0.25, -0.2) is 13.8 Å². The molecule has 118 valence electrons. The summed E-state index contributed by atoms with van der Waals surface area (Å²) in [4.78, 5) is 16.4. The zero-order valence-electron chi connectivity index (χ0n) is 12.0. The molecule has 2 heterocycles. The summed E-state index contributed by atoms with van der Waals surface area (Å²) in [6, 6.07) is -0.103. The monoisotopic (exact) mass is 310 g/mol. The Morgan fingerprint density at radius 2 is 1.95 bits per heavy atom. The van der Waals surface area contributed by atoms with Crippen LogP contribution < -0.4 is 11.1 Å². The third-order valence-corrected chi connectivity index (χ3v) is 3.55. The van der Waals surface area contributed by atoms with E-state index in [-0.39, 0.29) is 36.6 Å². The first kappa shape index (κ1) is 14.6. The molecule has 1 aliphatic rings. The summed E-state index contributed by atoms with van der Waals surface area (Å²) < 4.78 is 31.4. The van der Waals surface area contributed by atoms with Gasteiger partial charge in [0.05, 0.1) is 0 Å². The number of aryl methyl sites for hydroxylation is 1. The van der Waals surface area contributed by atoms with Crippen molar-refractivity contribution in [1.82, 2.24) is 19.9 Å². The number of oxazole rings is 1. The minimum absolute atomic E-state index is 0.0364. The second-order valence-corrected chi connectivity index (χ2v) is 5.37. The van der Waals surface area contributed by atoms with Gasteiger partial charge in [0.25, 0.3) is 0 Å². The summed E-state index contributed by atoms with van der Waals surface area (Å²) in [5.41, 5.74) is 6.12. The number of rotatable bonds is 3. The van der Waals surface area contributed by atoms with Crippen LogP contribution in [-0.2, 0) is 0 Å². The lowest BCUT2D eigenvalue weighted by Crippen LogP contribution is -2.32. The highest BCUT2D eigenvalue weighted by molar-refractivity contribution is 5.51. The van der Waals surface area contributed by atoms with Gasteiger partial charge >= 0.3 is 0 Å². The van der Waals surface area contributed by atoms with Gasteiger partial charge in [-0.15, -0.1) is 0 Å². The highest BCUT2D eigenvalue weighted by Crippen LogP contribution is 2.34. The van der Waals surface area contributed by atoms with Crippen molar-refractivity contribution >= 4 is 11.9 Å². The molecule has 9 heteroatoms. The van der Waals surface area contributed by atoms with Crippen LogP contribution in [-0.4, -0.2) is 31.9 Å². The van der Waals surface area contributed by atoms with Crippen LogP contribution in [0.4, 0.5) is 20.7 Å². The summed E-state index contributed by atoms with van der Waals surface area (Å²) in [6.07, 6.45) is 1.87. The number of aromatic nitrogens is 4. The van der Waals surface area contributed by atoms with Gasteiger partial charge in [-0.3, -0.25) is 0 Å². The van der Waals surface area contributed by atoms with E-state index >= 15 is 0 Å². The predicted molar refractivity (Wildman–Crippen MR) is 75.3 cm³/mol. The maximum Gasteiger partial charge on any atom is 0.248 e. The molecule has 3 rings (SSSR count). The normalized spacial score (nSPS) is 18.3. The molecule has 3 N–H and O–H groups in total. The van der Waals surface area contributed by atoms with Crippen molar-refractivity contribution < 1.29 is 13.2 Å². The quantitative estimate of drug-likeness (QED) is 0.897. The van der Waals surface area contributed by atoms with Crippen LogP contribution in [0.3, 0.4) is 0 Å². The molecule has 0 spiro atoms. The van der Waals surface area contributed by atoms with E-state index in [2.05, 4.69) is 25.3 Å². The Hall–Kier alpha value is -2.32. The molecule has 0 radical (unpaired) electrons. The van der Waals surface area contributed by atoms with Crippen molar-refractivity contribution in [3.05, 3.63) is 12.2 Å². The molecular weight excluding hydrogens is 294 g/mol. The van der Waals surface area contributed by atoms with Crippen molar-refractivity contribution in [3.8, 4) is 11.5 Å². The van der Waals surface area contributed by atoms with Crippen LogP contribution in [0.5, 0.6) is 0 Å². The fourth-order valence-corrected chi connectivity index (χ4v) is 2.40. The minimum atomic E-state index is -2.57. The number of hydrogen-bond acceptors (Lipinski definition) is 7. The Labute approximate surface area is 125 Å². The molecule has 1 fully saturated rings. The highest BCUT2D eigenvalue weighted by atomic mass is 19.3. The first-order valence-electron chi connectivity index (χ1n) is 7.00. The largest absolute Gasteiger partial charge is 0.449 e. The van der Waals surface area contributed by atoms with Gasteiger partial charge in [0.15, 0.2) is 11.7 Å². The first-order valence-corrected chi connectivity index (χ1v) is 7.00. The summed E-state index contributed by atoms with van der Waals surface area (Å²) in [5, 5.41) is 3.04. The van der Waals surface area contributed by atoms with Crippen molar-refractivity contribution in [2.75, 3.05) is 11.1 Å². The molecular formula is C13H16F2N6O. The predicted octanol–water partition coefficient (Wildman–Crippen LogP) is 2.41. The Balaban J connectivity index is 1.76. The van der Waals surface area contributed by atoms with Crippen LogP contribution in [0.15, 0.2) is 10.7 Å². The summed E-state index contributed by atoms with van der Waals surface area (Å²) in [7, 11) is 0. The molecule has 0 unspecified atom stereocenters. The number of anilines is 2. The second-order valence-electron chi connectivity index (χ2n) is 5.37. The third-order valence-electron chi connectivity index (χ3n) is 3.55. The SMILES string of the molecule is Cc1nc(-c2nc(N)nc(NC3CCC(F)(F)CC3)n2)co1. The van der Waals surface area contributed by atoms with Gasteiger partial charge in [0.1, 0.15) is 12.0 Å². The maximum atomic E-state index is 13.2. The number of halogens is 2. The van der Waals surface area contributed by atoms with E-state index in [0.717, 1.165) is 0 Å². The molecule has 22 heavy (non-hydrogen) atoms. The van der Waals surface area contributed by atoms with E-state index in [0.29, 0.717) is 24.4 Å². The minimum Gasteiger partial charge on any atom is -0.449 e. The summed E-state index contributed by atoms with van der Waals surface area (Å²) in [6.45, 7) is 1.70. The Bertz CT molecular complexity index is 664. The molecule has 0 atom stereocenters. The molecule has 0 bridgehead atoms. The standard InChI is InChI=1S/C13H16F2N6O/c1-7-17-9(6-22-7)10-19-11(16)21-12(20-10)18-8-2-4-13(14,15)5-3-8/h6,8H,2-5H2,1H3,(H3,16,18,19,20,21). The lowest BCUT2D eigenvalue weighted by Gasteiger charge is -2.28. The van der Waals surface area contributed by atoms with Crippen LogP contribution in [0.1, 0.15) is 31.6 Å². The summed E-state index contributed by atoms with van der Waals surface area (Å²) in [5.74, 6) is -1.50. The number of nitrogens with zero attached hydrogens (tertiary/aromatic N) is 4. The third kappa shape index (κ3) is 3.29. The second kappa shape index (κ2) is 5.47. The zero-order chi connectivity index (χ0) is 15.7. The number of alkyl halides is 2. The molecule has 2 aromatic heterocycles. The molecule has 1 aliphatic carbocycles. The highest BCUT2D eigenvalue weighted by Gasteiger charge is 2.35. The van der Waals surface area contributed by atoms with E-state index in [1.807, 2.05) is 0 Å². The number of nitrogens with two attached hydrogens (primary N) is 1. The molecule has 2 aromatic rings. The smallest absolute Gasteiger partial charge is 0.248 e. The van der Waals surface area contributed by atoms with Crippen molar-refractivity contribution in [2.45, 2.75) is 44.6 Å². The van der Waals surface area contributed by atoms with E-state index in [1.54, 1.807) is 6.92 Å². The van der Waals surface area contributed by atoms with Gasteiger partial charge in [-0.05, 0) is 12.8 Å². The number of nitrogen functional groups attached to an aromatic ring is 1. The van der Waals surface area contributed by atoms with E-state index in [1.165, 1.54) is 6.26 Å². The van der Waals surface area contributed by atoms with Gasteiger partial charge in [0.2, 0.25) is 17.8 Å². The van der Waals surface area contributed by atoms with E-state index < -0.39 is 5.92 Å². The van der Waals surface area contributed by atoms with Crippen molar-refractivity contribution in [1.29, 1.82) is 0 Å². The molecule has 0 aliphatic heterocycles. The molecule has 0 amide bonds. The van der Waals surface area contributed by atoms with Crippen LogP contribution in [0.2, 0.25) is 0 Å². The van der Waals surface area contributed by atoms with Crippen LogP contribution in [0.25, 0.3) is 11.5 Å². The average molecular weight is 310 g/mol. The fraction of sp³-hybridized carbons (Fsp3) is 0.538. The summed E-state index contributed by atoms with van der Waals surface area (Å²) >= 11 is 0. The number of hydrogen-bond donors (Lipinski definition) is 2. The molecule has 1 saturated carbocycles.